The van der Waals surface area contributed by atoms with Crippen molar-refractivity contribution in [1.29, 1.82) is 0 Å². The Hall–Kier alpha value is -1.78. The third kappa shape index (κ3) is 3.65. The lowest BCUT2D eigenvalue weighted by Gasteiger charge is -2.30. The van der Waals surface area contributed by atoms with Gasteiger partial charge in [0.2, 0.25) is 0 Å². The number of hydrazone groups is 1. The Labute approximate surface area is 129 Å². The highest BCUT2D eigenvalue weighted by molar-refractivity contribution is 6.30. The molecule has 1 aromatic carbocycles. The standard InChI is InChI=1S/C16H18ClN3O/c1-19-8-10-20(11-9-19)18-12-15-6-7-16(21-15)13-2-4-14(17)5-3-13/h2-7,12H,8-11H2,1H3/b18-12-. The van der Waals surface area contributed by atoms with Gasteiger partial charge in [0.15, 0.2) is 0 Å². The van der Waals surface area contributed by atoms with Crippen LogP contribution in [0.4, 0.5) is 0 Å². The Balaban J connectivity index is 1.66. The highest BCUT2D eigenvalue weighted by Crippen LogP contribution is 2.23. The molecule has 0 N–H and O–H groups in total. The van der Waals surface area contributed by atoms with Gasteiger partial charge >= 0.3 is 0 Å². The molecule has 5 heteroatoms. The minimum atomic E-state index is 0.724. The van der Waals surface area contributed by atoms with Crippen LogP contribution in [0.1, 0.15) is 5.76 Å². The lowest BCUT2D eigenvalue weighted by Crippen LogP contribution is -2.41. The molecule has 4 nitrogen and oxygen atoms in total. The molecule has 0 radical (unpaired) electrons. The second-order valence-corrected chi connectivity index (χ2v) is 5.65. The smallest absolute Gasteiger partial charge is 0.147 e. The van der Waals surface area contributed by atoms with E-state index in [0.29, 0.717) is 0 Å². The maximum absolute atomic E-state index is 5.89. The molecule has 0 atom stereocenters. The lowest BCUT2D eigenvalue weighted by atomic mass is 10.2. The Morgan fingerprint density at radius 1 is 1.05 bits per heavy atom. The third-order valence-corrected chi connectivity index (χ3v) is 3.84. The molecule has 2 aromatic rings. The molecule has 110 valence electrons. The van der Waals surface area contributed by atoms with E-state index in [9.17, 15) is 0 Å². The van der Waals surface area contributed by atoms with E-state index in [1.165, 1.54) is 0 Å². The Morgan fingerprint density at radius 2 is 1.76 bits per heavy atom. The molecule has 0 aliphatic carbocycles. The van der Waals surface area contributed by atoms with Crippen LogP contribution < -0.4 is 0 Å². The van der Waals surface area contributed by atoms with Crippen molar-refractivity contribution >= 4 is 17.8 Å². The SMILES string of the molecule is CN1CCN(/N=C\c2ccc(-c3ccc(Cl)cc3)o2)CC1. The lowest BCUT2D eigenvalue weighted by molar-refractivity contribution is 0.159. The fraction of sp³-hybridized carbons (Fsp3) is 0.312. The van der Waals surface area contributed by atoms with E-state index < -0.39 is 0 Å². The van der Waals surface area contributed by atoms with Crippen molar-refractivity contribution in [2.75, 3.05) is 33.2 Å². The van der Waals surface area contributed by atoms with E-state index in [1.807, 2.05) is 36.4 Å². The van der Waals surface area contributed by atoms with Crippen molar-refractivity contribution in [3.05, 3.63) is 47.2 Å². The minimum Gasteiger partial charge on any atom is -0.455 e. The maximum atomic E-state index is 5.89. The van der Waals surface area contributed by atoms with Crippen molar-refractivity contribution in [3.8, 4) is 11.3 Å². The molecule has 2 heterocycles. The zero-order valence-electron chi connectivity index (χ0n) is 12.0. The molecular weight excluding hydrogens is 286 g/mol. The number of hydrogen-bond donors (Lipinski definition) is 0. The van der Waals surface area contributed by atoms with Crippen LogP contribution >= 0.6 is 11.6 Å². The van der Waals surface area contributed by atoms with Crippen molar-refractivity contribution in [3.63, 3.8) is 0 Å². The summed E-state index contributed by atoms with van der Waals surface area (Å²) in [4.78, 5) is 2.30. The van der Waals surface area contributed by atoms with Crippen molar-refractivity contribution < 1.29 is 4.42 Å². The number of piperazine rings is 1. The largest absolute Gasteiger partial charge is 0.455 e. The first-order chi connectivity index (χ1) is 10.2. The van der Waals surface area contributed by atoms with Crippen LogP contribution in [0.15, 0.2) is 45.9 Å². The van der Waals surface area contributed by atoms with Crippen LogP contribution in [0.5, 0.6) is 0 Å². The molecule has 0 saturated carbocycles. The molecule has 1 aliphatic rings. The molecular formula is C16H18ClN3O. The summed E-state index contributed by atoms with van der Waals surface area (Å²) in [5.41, 5.74) is 1.01. The first kappa shape index (κ1) is 14.2. The molecule has 1 aliphatic heterocycles. The van der Waals surface area contributed by atoms with Gasteiger partial charge in [0.25, 0.3) is 0 Å². The quantitative estimate of drug-likeness (QED) is 0.816. The van der Waals surface area contributed by atoms with E-state index in [2.05, 4.69) is 22.1 Å². The number of hydrogen-bond acceptors (Lipinski definition) is 4. The highest BCUT2D eigenvalue weighted by atomic mass is 35.5. The van der Waals surface area contributed by atoms with Crippen LogP contribution in [0.3, 0.4) is 0 Å². The molecule has 1 saturated heterocycles. The fourth-order valence-corrected chi connectivity index (χ4v) is 2.37. The van der Waals surface area contributed by atoms with E-state index in [-0.39, 0.29) is 0 Å². The summed E-state index contributed by atoms with van der Waals surface area (Å²) in [6, 6.07) is 11.5. The zero-order chi connectivity index (χ0) is 14.7. The minimum absolute atomic E-state index is 0.724. The first-order valence-electron chi connectivity index (χ1n) is 7.04. The number of benzene rings is 1. The molecule has 1 aromatic heterocycles. The summed E-state index contributed by atoms with van der Waals surface area (Å²) in [7, 11) is 2.13. The predicted octanol–water partition coefficient (Wildman–Crippen LogP) is 3.18. The summed E-state index contributed by atoms with van der Waals surface area (Å²) in [5.74, 6) is 1.59. The summed E-state index contributed by atoms with van der Waals surface area (Å²) < 4.78 is 5.79. The summed E-state index contributed by atoms with van der Waals surface area (Å²) in [6.07, 6.45) is 1.78. The van der Waals surface area contributed by atoms with E-state index in [4.69, 9.17) is 16.0 Å². The number of rotatable bonds is 3. The van der Waals surface area contributed by atoms with E-state index in [0.717, 1.165) is 48.3 Å². The van der Waals surface area contributed by atoms with E-state index in [1.54, 1.807) is 6.21 Å². The van der Waals surface area contributed by atoms with Crippen LogP contribution in [-0.4, -0.2) is 49.4 Å². The molecule has 0 amide bonds. The third-order valence-electron chi connectivity index (χ3n) is 3.58. The zero-order valence-corrected chi connectivity index (χ0v) is 12.8. The molecule has 3 rings (SSSR count). The van der Waals surface area contributed by atoms with Gasteiger partial charge in [-0.3, -0.25) is 5.01 Å². The normalized spacial score (nSPS) is 16.8. The topological polar surface area (TPSA) is 32.0 Å². The average Bonchev–Trinajstić information content (AvgIpc) is 2.96. The fourth-order valence-electron chi connectivity index (χ4n) is 2.24. The van der Waals surface area contributed by atoms with Crippen LogP contribution in [0.25, 0.3) is 11.3 Å². The Bertz CT molecular complexity index is 613. The van der Waals surface area contributed by atoms with Gasteiger partial charge in [0, 0.05) is 36.8 Å². The average molecular weight is 304 g/mol. The van der Waals surface area contributed by atoms with Crippen molar-refractivity contribution in [2.45, 2.75) is 0 Å². The molecule has 0 bridgehead atoms. The van der Waals surface area contributed by atoms with Gasteiger partial charge in [-0.15, -0.1) is 0 Å². The van der Waals surface area contributed by atoms with Crippen LogP contribution in [0, 0.1) is 0 Å². The van der Waals surface area contributed by atoms with Gasteiger partial charge in [-0.1, -0.05) is 11.6 Å². The second-order valence-electron chi connectivity index (χ2n) is 5.21. The Kier molecular flexibility index (Phi) is 4.27. The maximum Gasteiger partial charge on any atom is 0.147 e. The van der Waals surface area contributed by atoms with Gasteiger partial charge < -0.3 is 9.32 Å². The van der Waals surface area contributed by atoms with Gasteiger partial charge in [0.1, 0.15) is 11.5 Å². The van der Waals surface area contributed by atoms with Crippen molar-refractivity contribution in [2.24, 2.45) is 5.10 Å². The molecule has 21 heavy (non-hydrogen) atoms. The monoisotopic (exact) mass is 303 g/mol. The number of nitrogens with zero attached hydrogens (tertiary/aromatic N) is 3. The molecule has 0 unspecified atom stereocenters. The molecule has 0 spiro atoms. The highest BCUT2D eigenvalue weighted by Gasteiger charge is 2.11. The van der Waals surface area contributed by atoms with Gasteiger partial charge in [-0.25, -0.2) is 0 Å². The Morgan fingerprint density at radius 3 is 2.48 bits per heavy atom. The predicted molar refractivity (Wildman–Crippen MR) is 85.8 cm³/mol. The second kappa shape index (κ2) is 6.33. The summed E-state index contributed by atoms with van der Waals surface area (Å²) in [5, 5.41) is 7.27. The number of likely N-dealkylation sites (N-methyl/N-ethyl adjacent to an activating group) is 1. The summed E-state index contributed by atoms with van der Waals surface area (Å²) in [6.45, 7) is 4.01. The number of halogens is 1. The van der Waals surface area contributed by atoms with E-state index >= 15 is 0 Å². The first-order valence-corrected chi connectivity index (χ1v) is 7.42. The van der Waals surface area contributed by atoms with Gasteiger partial charge in [-0.05, 0) is 43.4 Å². The van der Waals surface area contributed by atoms with Crippen LogP contribution in [0.2, 0.25) is 5.02 Å². The van der Waals surface area contributed by atoms with Crippen LogP contribution in [-0.2, 0) is 0 Å². The van der Waals surface area contributed by atoms with Gasteiger partial charge in [-0.2, -0.15) is 5.10 Å². The van der Waals surface area contributed by atoms with Gasteiger partial charge in [0.05, 0.1) is 6.21 Å². The molecule has 1 fully saturated rings. The van der Waals surface area contributed by atoms with Crippen molar-refractivity contribution in [1.82, 2.24) is 9.91 Å². The number of furan rings is 1. The summed E-state index contributed by atoms with van der Waals surface area (Å²) >= 11 is 5.89.